The molecule has 0 atom stereocenters. The number of hydrogen-bond donors (Lipinski definition) is 2. The Hall–Kier alpha value is -3.46. The minimum Gasteiger partial charge on any atom is -0.495 e. The second-order valence-corrected chi connectivity index (χ2v) is 7.19. The normalized spacial score (nSPS) is 14.1. The number of piperazine rings is 1. The maximum atomic E-state index is 13.9. The monoisotopic (exact) mass is 428 g/mol. The summed E-state index contributed by atoms with van der Waals surface area (Å²) in [5.41, 5.74) is 1.05. The predicted octanol–water partition coefficient (Wildman–Crippen LogP) is 2.19. The molecule has 31 heavy (non-hydrogen) atoms. The van der Waals surface area contributed by atoms with Crippen LogP contribution >= 0.6 is 0 Å². The Morgan fingerprint density at radius 2 is 1.74 bits per heavy atom. The molecule has 164 valence electrons. The van der Waals surface area contributed by atoms with E-state index in [2.05, 4.69) is 10.6 Å². The molecule has 3 rings (SSSR count). The lowest BCUT2D eigenvalue weighted by Gasteiger charge is -2.34. The van der Waals surface area contributed by atoms with Crippen LogP contribution in [0.15, 0.2) is 42.5 Å². The summed E-state index contributed by atoms with van der Waals surface area (Å²) in [4.78, 5) is 39.8. The van der Waals surface area contributed by atoms with Crippen LogP contribution in [0.5, 0.6) is 5.75 Å². The molecule has 1 saturated heterocycles. The van der Waals surface area contributed by atoms with E-state index in [4.69, 9.17) is 4.74 Å². The molecule has 1 heterocycles. The van der Waals surface area contributed by atoms with E-state index < -0.39 is 5.82 Å². The molecular formula is C22H25FN4O4. The lowest BCUT2D eigenvalue weighted by molar-refractivity contribution is -0.117. The van der Waals surface area contributed by atoms with Crippen molar-refractivity contribution in [1.29, 1.82) is 0 Å². The molecule has 0 unspecified atom stereocenters. The lowest BCUT2D eigenvalue weighted by Crippen LogP contribution is -2.50. The molecule has 8 nitrogen and oxygen atoms in total. The first kappa shape index (κ1) is 22.2. The number of nitrogens with one attached hydrogen (secondary N) is 2. The van der Waals surface area contributed by atoms with E-state index in [9.17, 15) is 18.8 Å². The largest absolute Gasteiger partial charge is 0.495 e. The summed E-state index contributed by atoms with van der Waals surface area (Å²) in [6, 6.07) is 10.9. The van der Waals surface area contributed by atoms with Crippen molar-refractivity contribution in [3.8, 4) is 5.75 Å². The Kier molecular flexibility index (Phi) is 7.19. The van der Waals surface area contributed by atoms with Crippen LogP contribution in [0.25, 0.3) is 0 Å². The van der Waals surface area contributed by atoms with E-state index in [1.54, 1.807) is 35.2 Å². The van der Waals surface area contributed by atoms with Gasteiger partial charge in [0.1, 0.15) is 11.6 Å². The molecule has 2 N–H and O–H groups in total. The molecule has 1 fully saturated rings. The maximum absolute atomic E-state index is 13.9. The van der Waals surface area contributed by atoms with Crippen molar-refractivity contribution >= 4 is 29.1 Å². The number of nitrogens with zero attached hydrogens (tertiary/aromatic N) is 2. The van der Waals surface area contributed by atoms with Crippen LogP contribution in [0.2, 0.25) is 0 Å². The SMILES string of the molecule is COc1ccc(NC(C)=O)cc1NC(=O)CN1CCN(C(=O)c2ccccc2F)CC1. The molecule has 0 aromatic heterocycles. The highest BCUT2D eigenvalue weighted by atomic mass is 19.1. The molecule has 0 bridgehead atoms. The Balaban J connectivity index is 1.55. The number of amides is 3. The fourth-order valence-corrected chi connectivity index (χ4v) is 3.39. The average Bonchev–Trinajstić information content (AvgIpc) is 2.74. The lowest BCUT2D eigenvalue weighted by atomic mass is 10.1. The molecule has 0 radical (unpaired) electrons. The first-order valence-electron chi connectivity index (χ1n) is 9.89. The third-order valence-electron chi connectivity index (χ3n) is 4.92. The van der Waals surface area contributed by atoms with Crippen LogP contribution in [-0.4, -0.2) is 67.4 Å². The molecule has 3 amide bonds. The molecule has 9 heteroatoms. The van der Waals surface area contributed by atoms with Crippen molar-refractivity contribution < 1.29 is 23.5 Å². The van der Waals surface area contributed by atoms with Crippen LogP contribution in [0, 0.1) is 5.82 Å². The van der Waals surface area contributed by atoms with Gasteiger partial charge in [-0.2, -0.15) is 0 Å². The number of benzene rings is 2. The average molecular weight is 428 g/mol. The number of anilines is 2. The van der Waals surface area contributed by atoms with Gasteiger partial charge in [-0.15, -0.1) is 0 Å². The number of carbonyl (C=O) groups is 3. The van der Waals surface area contributed by atoms with Crippen molar-refractivity contribution in [3.05, 3.63) is 53.8 Å². The number of ether oxygens (including phenoxy) is 1. The standard InChI is InChI=1S/C22H25FN4O4/c1-15(28)24-16-7-8-20(31-2)19(13-16)25-21(29)14-26-9-11-27(12-10-26)22(30)17-5-3-4-6-18(17)23/h3-8,13H,9-12,14H2,1-2H3,(H,24,28)(H,25,29). The predicted molar refractivity (Wildman–Crippen MR) is 115 cm³/mol. The topological polar surface area (TPSA) is 91.0 Å². The highest BCUT2D eigenvalue weighted by Crippen LogP contribution is 2.28. The molecule has 1 aliphatic rings. The summed E-state index contributed by atoms with van der Waals surface area (Å²) in [6.07, 6.45) is 0. The van der Waals surface area contributed by atoms with Gasteiger partial charge in [-0.05, 0) is 30.3 Å². The van der Waals surface area contributed by atoms with Crippen LogP contribution in [0.4, 0.5) is 15.8 Å². The Morgan fingerprint density at radius 3 is 2.39 bits per heavy atom. The van der Waals surface area contributed by atoms with Gasteiger partial charge in [-0.3, -0.25) is 19.3 Å². The molecule has 0 saturated carbocycles. The first-order valence-corrected chi connectivity index (χ1v) is 9.89. The summed E-state index contributed by atoms with van der Waals surface area (Å²) in [5, 5.41) is 5.47. The van der Waals surface area contributed by atoms with E-state index >= 15 is 0 Å². The van der Waals surface area contributed by atoms with Crippen molar-refractivity contribution in [1.82, 2.24) is 9.80 Å². The van der Waals surface area contributed by atoms with Crippen LogP contribution in [0.1, 0.15) is 17.3 Å². The maximum Gasteiger partial charge on any atom is 0.256 e. The van der Waals surface area contributed by atoms with Gasteiger partial charge in [0.15, 0.2) is 0 Å². The summed E-state index contributed by atoms with van der Waals surface area (Å²) in [5.74, 6) is -0.869. The number of carbonyl (C=O) groups excluding carboxylic acids is 3. The fraction of sp³-hybridized carbons (Fsp3) is 0.318. The second-order valence-electron chi connectivity index (χ2n) is 7.19. The van der Waals surface area contributed by atoms with Gasteiger partial charge < -0.3 is 20.3 Å². The molecule has 2 aromatic rings. The molecule has 2 aromatic carbocycles. The minimum atomic E-state index is -0.537. The third-order valence-corrected chi connectivity index (χ3v) is 4.92. The van der Waals surface area contributed by atoms with Crippen LogP contribution in [0.3, 0.4) is 0 Å². The van der Waals surface area contributed by atoms with E-state index in [1.807, 2.05) is 4.90 Å². The van der Waals surface area contributed by atoms with Gasteiger partial charge in [0, 0.05) is 38.8 Å². The van der Waals surface area contributed by atoms with E-state index in [-0.39, 0.29) is 29.8 Å². The summed E-state index contributed by atoms with van der Waals surface area (Å²) in [6.45, 7) is 3.34. The number of rotatable bonds is 6. The van der Waals surface area contributed by atoms with Gasteiger partial charge >= 0.3 is 0 Å². The summed E-state index contributed by atoms with van der Waals surface area (Å²) in [7, 11) is 1.49. The highest BCUT2D eigenvalue weighted by molar-refractivity contribution is 5.96. The number of methoxy groups -OCH3 is 1. The van der Waals surface area contributed by atoms with Crippen molar-refractivity contribution in [2.24, 2.45) is 0 Å². The Morgan fingerprint density at radius 1 is 1.03 bits per heavy atom. The van der Waals surface area contributed by atoms with Gasteiger partial charge in [-0.25, -0.2) is 4.39 Å². The van der Waals surface area contributed by atoms with Crippen molar-refractivity contribution in [3.63, 3.8) is 0 Å². The van der Waals surface area contributed by atoms with Gasteiger partial charge in [0.2, 0.25) is 11.8 Å². The zero-order chi connectivity index (χ0) is 22.4. The quantitative estimate of drug-likeness (QED) is 0.736. The second kappa shape index (κ2) is 10.0. The summed E-state index contributed by atoms with van der Waals surface area (Å²) < 4.78 is 19.1. The van der Waals surface area contributed by atoms with Crippen LogP contribution in [-0.2, 0) is 9.59 Å². The Labute approximate surface area is 180 Å². The van der Waals surface area contributed by atoms with E-state index in [0.29, 0.717) is 43.3 Å². The first-order chi connectivity index (χ1) is 14.9. The number of hydrogen-bond acceptors (Lipinski definition) is 5. The van der Waals surface area contributed by atoms with E-state index in [1.165, 1.54) is 26.2 Å². The van der Waals surface area contributed by atoms with Crippen LogP contribution < -0.4 is 15.4 Å². The smallest absolute Gasteiger partial charge is 0.256 e. The van der Waals surface area contributed by atoms with Gasteiger partial charge in [-0.1, -0.05) is 12.1 Å². The Bertz CT molecular complexity index is 974. The van der Waals surface area contributed by atoms with Gasteiger partial charge in [0.05, 0.1) is 24.9 Å². The van der Waals surface area contributed by atoms with Crippen molar-refractivity contribution in [2.75, 3.05) is 50.5 Å². The molecule has 0 aliphatic carbocycles. The molecule has 0 spiro atoms. The number of halogens is 1. The highest BCUT2D eigenvalue weighted by Gasteiger charge is 2.25. The van der Waals surface area contributed by atoms with E-state index in [0.717, 1.165) is 0 Å². The minimum absolute atomic E-state index is 0.0554. The fourth-order valence-electron chi connectivity index (χ4n) is 3.39. The van der Waals surface area contributed by atoms with Crippen molar-refractivity contribution in [2.45, 2.75) is 6.92 Å². The zero-order valence-corrected chi connectivity index (χ0v) is 17.5. The molecular weight excluding hydrogens is 403 g/mol. The zero-order valence-electron chi connectivity index (χ0n) is 17.5. The van der Waals surface area contributed by atoms with Gasteiger partial charge in [0.25, 0.3) is 5.91 Å². The molecule has 1 aliphatic heterocycles. The third kappa shape index (κ3) is 5.79. The summed E-state index contributed by atoms with van der Waals surface area (Å²) >= 11 is 0.